The second kappa shape index (κ2) is 4.79. The van der Waals surface area contributed by atoms with E-state index in [1.165, 1.54) is 0 Å². The lowest BCUT2D eigenvalue weighted by Crippen LogP contribution is -1.82. The van der Waals surface area contributed by atoms with Crippen molar-refractivity contribution in [2.75, 3.05) is 0 Å². The molecule has 1 N–H and O–H groups in total. The predicted octanol–water partition coefficient (Wildman–Crippen LogP) is 3.63. The van der Waals surface area contributed by atoms with Crippen LogP contribution in [0, 0.1) is 11.3 Å². The van der Waals surface area contributed by atoms with Crippen LogP contribution in [0.1, 0.15) is 11.3 Å². The fraction of sp³-hybridized carbons (Fsp3) is 0. The summed E-state index contributed by atoms with van der Waals surface area (Å²) in [6.45, 7) is 0. The molecule has 2 heterocycles. The standard InChI is InChI=1S/C16H11N3/c17-10-12(9-13-5-3-4-8-18-13)15-11-19-16-7-2-1-6-14(15)16/h1-9,11,19H. The minimum absolute atomic E-state index is 0.608. The summed E-state index contributed by atoms with van der Waals surface area (Å²) >= 11 is 0. The summed E-state index contributed by atoms with van der Waals surface area (Å²) in [5.41, 5.74) is 3.32. The van der Waals surface area contributed by atoms with Gasteiger partial charge in [-0.1, -0.05) is 24.3 Å². The van der Waals surface area contributed by atoms with Gasteiger partial charge in [0, 0.05) is 28.9 Å². The maximum absolute atomic E-state index is 9.36. The minimum Gasteiger partial charge on any atom is -0.361 e. The van der Waals surface area contributed by atoms with Gasteiger partial charge >= 0.3 is 0 Å². The third-order valence-corrected chi connectivity index (χ3v) is 2.98. The molecule has 0 aliphatic rings. The first-order valence-electron chi connectivity index (χ1n) is 5.98. The van der Waals surface area contributed by atoms with Crippen molar-refractivity contribution >= 4 is 22.6 Å². The van der Waals surface area contributed by atoms with Gasteiger partial charge in [0.15, 0.2) is 0 Å². The summed E-state index contributed by atoms with van der Waals surface area (Å²) in [4.78, 5) is 7.40. The first kappa shape index (κ1) is 11.2. The van der Waals surface area contributed by atoms with Crippen LogP contribution in [-0.2, 0) is 0 Å². The molecule has 3 rings (SSSR count). The van der Waals surface area contributed by atoms with Gasteiger partial charge in [-0.15, -0.1) is 0 Å². The molecule has 0 saturated heterocycles. The van der Waals surface area contributed by atoms with E-state index in [0.29, 0.717) is 5.57 Å². The van der Waals surface area contributed by atoms with Gasteiger partial charge < -0.3 is 4.98 Å². The van der Waals surface area contributed by atoms with E-state index in [1.807, 2.05) is 48.7 Å². The highest BCUT2D eigenvalue weighted by Crippen LogP contribution is 2.25. The molecule has 0 unspecified atom stereocenters. The average molecular weight is 245 g/mol. The summed E-state index contributed by atoms with van der Waals surface area (Å²) in [5.74, 6) is 0. The summed E-state index contributed by atoms with van der Waals surface area (Å²) < 4.78 is 0. The molecule has 1 aromatic carbocycles. The van der Waals surface area contributed by atoms with E-state index < -0.39 is 0 Å². The van der Waals surface area contributed by atoms with Crippen LogP contribution in [0.3, 0.4) is 0 Å². The second-order valence-corrected chi connectivity index (χ2v) is 4.17. The van der Waals surface area contributed by atoms with Crippen molar-refractivity contribution in [3.63, 3.8) is 0 Å². The van der Waals surface area contributed by atoms with E-state index in [1.54, 1.807) is 12.3 Å². The number of fused-ring (bicyclic) bond motifs is 1. The highest BCUT2D eigenvalue weighted by atomic mass is 14.7. The van der Waals surface area contributed by atoms with Gasteiger partial charge in [0.25, 0.3) is 0 Å². The highest BCUT2D eigenvalue weighted by Gasteiger charge is 2.07. The van der Waals surface area contributed by atoms with Gasteiger partial charge in [0.1, 0.15) is 0 Å². The van der Waals surface area contributed by atoms with Crippen LogP contribution in [0.15, 0.2) is 54.9 Å². The van der Waals surface area contributed by atoms with E-state index >= 15 is 0 Å². The van der Waals surface area contributed by atoms with E-state index in [9.17, 15) is 5.26 Å². The number of para-hydroxylation sites is 1. The quantitative estimate of drug-likeness (QED) is 0.701. The number of H-pyrrole nitrogens is 1. The van der Waals surface area contributed by atoms with Crippen molar-refractivity contribution in [2.45, 2.75) is 0 Å². The van der Waals surface area contributed by atoms with E-state index in [0.717, 1.165) is 22.2 Å². The Bertz CT molecular complexity index is 776. The number of allylic oxidation sites excluding steroid dienone is 1. The summed E-state index contributed by atoms with van der Waals surface area (Å²) in [5, 5.41) is 10.4. The number of hydrogen-bond donors (Lipinski definition) is 1. The van der Waals surface area contributed by atoms with Gasteiger partial charge in [-0.05, 0) is 24.3 Å². The molecular formula is C16H11N3. The molecular weight excluding hydrogens is 234 g/mol. The first-order chi connectivity index (χ1) is 9.38. The van der Waals surface area contributed by atoms with Gasteiger partial charge in [-0.2, -0.15) is 5.26 Å². The Labute approximate surface area is 110 Å². The molecule has 0 saturated carbocycles. The van der Waals surface area contributed by atoms with Gasteiger partial charge in [0.05, 0.1) is 17.3 Å². The molecule has 0 spiro atoms. The fourth-order valence-electron chi connectivity index (χ4n) is 2.07. The number of pyridine rings is 1. The normalized spacial score (nSPS) is 11.4. The second-order valence-electron chi connectivity index (χ2n) is 4.17. The molecule has 0 amide bonds. The van der Waals surface area contributed by atoms with Crippen molar-refractivity contribution < 1.29 is 0 Å². The Morgan fingerprint density at radius 2 is 2.00 bits per heavy atom. The SMILES string of the molecule is N#CC(=Cc1ccccn1)c1c[nH]c2ccccc12. The summed E-state index contributed by atoms with van der Waals surface area (Å²) in [7, 11) is 0. The van der Waals surface area contributed by atoms with Crippen molar-refractivity contribution in [2.24, 2.45) is 0 Å². The van der Waals surface area contributed by atoms with Gasteiger partial charge in [-0.25, -0.2) is 0 Å². The number of nitrogens with one attached hydrogen (secondary N) is 1. The average Bonchev–Trinajstić information content (AvgIpc) is 2.90. The Balaban J connectivity index is 2.14. The fourth-order valence-corrected chi connectivity index (χ4v) is 2.07. The maximum atomic E-state index is 9.36. The molecule has 19 heavy (non-hydrogen) atoms. The lowest BCUT2D eigenvalue weighted by Gasteiger charge is -1.97. The summed E-state index contributed by atoms with van der Waals surface area (Å²) in [6, 6.07) is 15.8. The first-order valence-corrected chi connectivity index (χ1v) is 5.98. The van der Waals surface area contributed by atoms with Crippen LogP contribution >= 0.6 is 0 Å². The van der Waals surface area contributed by atoms with Crippen LogP contribution in [0.25, 0.3) is 22.6 Å². The van der Waals surface area contributed by atoms with Crippen LogP contribution in [-0.4, -0.2) is 9.97 Å². The Hall–Kier alpha value is -2.86. The number of aromatic amines is 1. The lowest BCUT2D eigenvalue weighted by atomic mass is 10.0. The lowest BCUT2D eigenvalue weighted by molar-refractivity contribution is 1.30. The van der Waals surface area contributed by atoms with Crippen molar-refractivity contribution in [3.05, 3.63) is 66.1 Å². The van der Waals surface area contributed by atoms with Crippen molar-refractivity contribution in [1.82, 2.24) is 9.97 Å². The molecule has 3 heteroatoms. The van der Waals surface area contributed by atoms with Crippen molar-refractivity contribution in [1.29, 1.82) is 5.26 Å². The van der Waals surface area contributed by atoms with Crippen LogP contribution in [0.2, 0.25) is 0 Å². The monoisotopic (exact) mass is 245 g/mol. The molecule has 0 atom stereocenters. The largest absolute Gasteiger partial charge is 0.361 e. The minimum atomic E-state index is 0.608. The number of nitriles is 1. The molecule has 3 nitrogen and oxygen atoms in total. The number of rotatable bonds is 2. The molecule has 2 aromatic heterocycles. The molecule has 3 aromatic rings. The maximum Gasteiger partial charge on any atom is 0.0999 e. The molecule has 0 radical (unpaired) electrons. The van der Waals surface area contributed by atoms with Crippen molar-refractivity contribution in [3.8, 4) is 6.07 Å². The van der Waals surface area contributed by atoms with Crippen LogP contribution < -0.4 is 0 Å². The van der Waals surface area contributed by atoms with Gasteiger partial charge in [-0.3, -0.25) is 4.98 Å². The smallest absolute Gasteiger partial charge is 0.0999 e. The Morgan fingerprint density at radius 1 is 1.16 bits per heavy atom. The zero-order valence-electron chi connectivity index (χ0n) is 10.2. The number of benzene rings is 1. The number of nitrogens with zero attached hydrogens (tertiary/aromatic N) is 2. The molecule has 0 aliphatic carbocycles. The van der Waals surface area contributed by atoms with E-state index in [4.69, 9.17) is 0 Å². The Morgan fingerprint density at radius 3 is 2.79 bits per heavy atom. The molecule has 90 valence electrons. The summed E-state index contributed by atoms with van der Waals surface area (Å²) in [6.07, 6.45) is 5.38. The predicted molar refractivity (Wildman–Crippen MR) is 76.0 cm³/mol. The van der Waals surface area contributed by atoms with Crippen LogP contribution in [0.4, 0.5) is 0 Å². The zero-order chi connectivity index (χ0) is 13.1. The highest BCUT2D eigenvalue weighted by molar-refractivity contribution is 6.00. The number of aromatic nitrogens is 2. The zero-order valence-corrected chi connectivity index (χ0v) is 10.2. The van der Waals surface area contributed by atoms with E-state index in [-0.39, 0.29) is 0 Å². The molecule has 0 bridgehead atoms. The third-order valence-electron chi connectivity index (χ3n) is 2.98. The van der Waals surface area contributed by atoms with E-state index in [2.05, 4.69) is 16.0 Å². The Kier molecular flexibility index (Phi) is 2.83. The topological polar surface area (TPSA) is 52.5 Å². The molecule has 0 aliphatic heterocycles. The third kappa shape index (κ3) is 2.12. The van der Waals surface area contributed by atoms with Gasteiger partial charge in [0.2, 0.25) is 0 Å². The number of hydrogen-bond acceptors (Lipinski definition) is 2. The molecule has 0 fully saturated rings. The van der Waals surface area contributed by atoms with Crippen LogP contribution in [0.5, 0.6) is 0 Å².